The molecular formula is C21H29NO4. The van der Waals surface area contributed by atoms with E-state index in [0.717, 1.165) is 25.7 Å². The number of likely N-dealkylation sites (tertiary alicyclic amines) is 1. The SMILES string of the molecule is CCc1ccc(CCC(=O)N2CCC([C@@H]3OCCC3C(=O)O)CC2)cc1. The van der Waals surface area contributed by atoms with Crippen LogP contribution in [0.2, 0.25) is 0 Å². The Balaban J connectivity index is 1.45. The molecule has 0 spiro atoms. The van der Waals surface area contributed by atoms with Crippen LogP contribution in [0.15, 0.2) is 24.3 Å². The van der Waals surface area contributed by atoms with Crippen molar-refractivity contribution in [1.82, 2.24) is 4.90 Å². The lowest BCUT2D eigenvalue weighted by molar-refractivity contribution is -0.146. The molecule has 142 valence electrons. The van der Waals surface area contributed by atoms with Crippen LogP contribution in [-0.2, 0) is 27.2 Å². The molecule has 0 aliphatic carbocycles. The maximum atomic E-state index is 12.5. The van der Waals surface area contributed by atoms with E-state index in [1.165, 1.54) is 11.1 Å². The van der Waals surface area contributed by atoms with Gasteiger partial charge in [0.1, 0.15) is 0 Å². The van der Waals surface area contributed by atoms with Crippen LogP contribution >= 0.6 is 0 Å². The molecule has 1 unspecified atom stereocenters. The first-order valence-corrected chi connectivity index (χ1v) is 9.78. The smallest absolute Gasteiger partial charge is 0.309 e. The van der Waals surface area contributed by atoms with Gasteiger partial charge in [-0.3, -0.25) is 9.59 Å². The van der Waals surface area contributed by atoms with Crippen molar-refractivity contribution in [2.45, 2.75) is 51.6 Å². The first-order valence-electron chi connectivity index (χ1n) is 9.78. The minimum Gasteiger partial charge on any atom is -0.481 e. The summed E-state index contributed by atoms with van der Waals surface area (Å²) in [5.74, 6) is -0.678. The summed E-state index contributed by atoms with van der Waals surface area (Å²) in [6.45, 7) is 4.10. The van der Waals surface area contributed by atoms with Gasteiger partial charge in [0.2, 0.25) is 5.91 Å². The number of piperidine rings is 1. The zero-order valence-corrected chi connectivity index (χ0v) is 15.5. The molecule has 2 aliphatic heterocycles. The topological polar surface area (TPSA) is 66.8 Å². The van der Waals surface area contributed by atoms with Gasteiger partial charge < -0.3 is 14.7 Å². The Labute approximate surface area is 155 Å². The number of rotatable bonds is 6. The van der Waals surface area contributed by atoms with E-state index < -0.39 is 5.97 Å². The quantitative estimate of drug-likeness (QED) is 0.848. The summed E-state index contributed by atoms with van der Waals surface area (Å²) in [5, 5.41) is 9.32. The van der Waals surface area contributed by atoms with Gasteiger partial charge in [0.15, 0.2) is 0 Å². The van der Waals surface area contributed by atoms with E-state index in [-0.39, 0.29) is 23.8 Å². The fraction of sp³-hybridized carbons (Fsp3) is 0.619. The van der Waals surface area contributed by atoms with Gasteiger partial charge in [-0.25, -0.2) is 0 Å². The zero-order valence-electron chi connectivity index (χ0n) is 15.5. The lowest BCUT2D eigenvalue weighted by Gasteiger charge is -2.35. The summed E-state index contributed by atoms with van der Waals surface area (Å²) < 4.78 is 5.70. The number of hydrogen-bond acceptors (Lipinski definition) is 3. The number of nitrogens with zero attached hydrogens (tertiary/aromatic N) is 1. The highest BCUT2D eigenvalue weighted by molar-refractivity contribution is 5.76. The van der Waals surface area contributed by atoms with Crippen molar-refractivity contribution in [2.75, 3.05) is 19.7 Å². The molecule has 5 heteroatoms. The van der Waals surface area contributed by atoms with Crippen LogP contribution in [0.25, 0.3) is 0 Å². The molecule has 1 N–H and O–H groups in total. The minimum absolute atomic E-state index is 0.179. The molecule has 2 saturated heterocycles. The molecule has 2 heterocycles. The van der Waals surface area contributed by atoms with Crippen molar-refractivity contribution < 1.29 is 19.4 Å². The third-order valence-electron chi connectivity index (χ3n) is 5.87. The Kier molecular flexibility index (Phi) is 6.30. The molecule has 0 saturated carbocycles. The van der Waals surface area contributed by atoms with Crippen molar-refractivity contribution in [3.05, 3.63) is 35.4 Å². The number of aliphatic carboxylic acids is 1. The summed E-state index contributed by atoms with van der Waals surface area (Å²) in [6, 6.07) is 8.49. The maximum absolute atomic E-state index is 12.5. The van der Waals surface area contributed by atoms with Gasteiger partial charge in [-0.05, 0) is 49.1 Å². The summed E-state index contributed by atoms with van der Waals surface area (Å²) >= 11 is 0. The van der Waals surface area contributed by atoms with Crippen LogP contribution in [0.4, 0.5) is 0 Å². The lowest BCUT2D eigenvalue weighted by Crippen LogP contribution is -2.43. The van der Waals surface area contributed by atoms with E-state index in [1.807, 2.05) is 4.90 Å². The van der Waals surface area contributed by atoms with Gasteiger partial charge in [-0.2, -0.15) is 0 Å². The van der Waals surface area contributed by atoms with E-state index in [1.54, 1.807) is 0 Å². The van der Waals surface area contributed by atoms with Crippen molar-refractivity contribution in [2.24, 2.45) is 11.8 Å². The molecule has 0 aromatic heterocycles. The molecule has 2 aliphatic rings. The predicted molar refractivity (Wildman–Crippen MR) is 98.9 cm³/mol. The third-order valence-corrected chi connectivity index (χ3v) is 5.87. The second-order valence-corrected chi connectivity index (χ2v) is 7.46. The molecule has 26 heavy (non-hydrogen) atoms. The molecule has 1 aromatic rings. The van der Waals surface area contributed by atoms with E-state index in [4.69, 9.17) is 4.74 Å². The Morgan fingerprint density at radius 1 is 1.12 bits per heavy atom. The van der Waals surface area contributed by atoms with Crippen LogP contribution in [0, 0.1) is 11.8 Å². The van der Waals surface area contributed by atoms with Gasteiger partial charge in [0.25, 0.3) is 0 Å². The Morgan fingerprint density at radius 2 is 1.77 bits per heavy atom. The van der Waals surface area contributed by atoms with E-state index in [9.17, 15) is 14.7 Å². The van der Waals surface area contributed by atoms with Crippen LogP contribution in [0.5, 0.6) is 0 Å². The van der Waals surface area contributed by atoms with E-state index in [0.29, 0.717) is 32.5 Å². The van der Waals surface area contributed by atoms with Crippen LogP contribution in [-0.4, -0.2) is 47.7 Å². The molecular weight excluding hydrogens is 330 g/mol. The fourth-order valence-corrected chi connectivity index (χ4v) is 4.17. The normalized spacial score (nSPS) is 24.0. The van der Waals surface area contributed by atoms with Crippen molar-refractivity contribution in [1.29, 1.82) is 0 Å². The molecule has 0 bridgehead atoms. The van der Waals surface area contributed by atoms with Crippen LogP contribution in [0.3, 0.4) is 0 Å². The molecule has 2 atom stereocenters. The molecule has 1 aromatic carbocycles. The molecule has 3 rings (SSSR count). The van der Waals surface area contributed by atoms with Gasteiger partial charge >= 0.3 is 5.97 Å². The number of amides is 1. The van der Waals surface area contributed by atoms with Gasteiger partial charge in [-0.1, -0.05) is 31.2 Å². The number of carbonyl (C=O) groups excluding carboxylic acids is 1. The standard InChI is InChI=1S/C21H29NO4/c1-2-15-3-5-16(6-4-15)7-8-19(23)22-12-9-17(10-13-22)20-18(21(24)25)11-14-26-20/h3-6,17-18,20H,2,7-14H2,1H3,(H,24,25)/t18?,20-/m0/s1. The number of carboxylic acid groups (broad SMARTS) is 1. The summed E-state index contributed by atoms with van der Waals surface area (Å²) in [5.41, 5.74) is 2.52. The minimum atomic E-state index is -0.750. The Morgan fingerprint density at radius 3 is 2.38 bits per heavy atom. The monoisotopic (exact) mass is 359 g/mol. The first-order chi connectivity index (χ1) is 12.6. The molecule has 2 fully saturated rings. The van der Waals surface area contributed by atoms with Crippen molar-refractivity contribution in [3.8, 4) is 0 Å². The van der Waals surface area contributed by atoms with Crippen LogP contribution in [0.1, 0.15) is 43.7 Å². The highest BCUT2D eigenvalue weighted by Gasteiger charge is 2.40. The number of carbonyl (C=O) groups is 2. The van der Waals surface area contributed by atoms with Crippen LogP contribution < -0.4 is 0 Å². The second kappa shape index (κ2) is 8.67. The summed E-state index contributed by atoms with van der Waals surface area (Å²) in [7, 11) is 0. The van der Waals surface area contributed by atoms with Crippen molar-refractivity contribution >= 4 is 11.9 Å². The number of hydrogen-bond donors (Lipinski definition) is 1. The highest BCUT2D eigenvalue weighted by atomic mass is 16.5. The van der Waals surface area contributed by atoms with Crippen molar-refractivity contribution in [3.63, 3.8) is 0 Å². The average molecular weight is 359 g/mol. The van der Waals surface area contributed by atoms with Gasteiger partial charge in [0.05, 0.1) is 12.0 Å². The Hall–Kier alpha value is -1.88. The zero-order chi connectivity index (χ0) is 18.5. The predicted octanol–water partition coefficient (Wildman–Crippen LogP) is 2.91. The van der Waals surface area contributed by atoms with Gasteiger partial charge in [0, 0.05) is 26.1 Å². The fourth-order valence-electron chi connectivity index (χ4n) is 4.17. The first kappa shape index (κ1) is 18.9. The van der Waals surface area contributed by atoms with E-state index >= 15 is 0 Å². The average Bonchev–Trinajstić information content (AvgIpc) is 3.17. The summed E-state index contributed by atoms with van der Waals surface area (Å²) in [6.07, 6.45) is 4.44. The molecule has 1 amide bonds. The van der Waals surface area contributed by atoms with Gasteiger partial charge in [-0.15, -0.1) is 0 Å². The van der Waals surface area contributed by atoms with E-state index in [2.05, 4.69) is 31.2 Å². The maximum Gasteiger partial charge on any atom is 0.309 e. The Bertz CT molecular complexity index is 619. The number of benzene rings is 1. The lowest BCUT2D eigenvalue weighted by atomic mass is 9.84. The second-order valence-electron chi connectivity index (χ2n) is 7.46. The number of carboxylic acids is 1. The number of ether oxygens (including phenoxy) is 1. The third kappa shape index (κ3) is 4.44. The largest absolute Gasteiger partial charge is 0.481 e. The highest BCUT2D eigenvalue weighted by Crippen LogP contribution is 2.33. The summed E-state index contributed by atoms with van der Waals surface area (Å²) in [4.78, 5) is 25.8. The molecule has 5 nitrogen and oxygen atoms in total. The number of aryl methyl sites for hydroxylation is 2. The molecule has 0 radical (unpaired) electrons.